The SMILES string of the molecule is [2H]C([2H])([2H])OC(=O)C(C)C. The highest BCUT2D eigenvalue weighted by Crippen LogP contribution is 1.91. The fourth-order valence-electron chi connectivity index (χ4n) is 0.118. The van der Waals surface area contributed by atoms with Gasteiger partial charge in [-0.15, -0.1) is 0 Å². The van der Waals surface area contributed by atoms with E-state index in [9.17, 15) is 4.79 Å². The van der Waals surface area contributed by atoms with Crippen molar-refractivity contribution in [2.24, 2.45) is 5.92 Å². The predicted molar refractivity (Wildman–Crippen MR) is 26.9 cm³/mol. The van der Waals surface area contributed by atoms with Crippen LogP contribution in [0.2, 0.25) is 0 Å². The van der Waals surface area contributed by atoms with Crippen LogP contribution in [0.1, 0.15) is 18.0 Å². The Morgan fingerprint density at radius 2 is 2.43 bits per heavy atom. The number of hydrogen-bond donors (Lipinski definition) is 0. The highest BCUT2D eigenvalue weighted by atomic mass is 16.5. The smallest absolute Gasteiger partial charge is 0.308 e. The van der Waals surface area contributed by atoms with Gasteiger partial charge in [0.2, 0.25) is 0 Å². The zero-order valence-corrected chi connectivity index (χ0v) is 4.39. The minimum absolute atomic E-state index is 0.388. The molecule has 42 valence electrons. The van der Waals surface area contributed by atoms with Crippen LogP contribution in [0.25, 0.3) is 0 Å². The molecule has 0 aromatic rings. The molecule has 0 saturated heterocycles. The number of esters is 1. The van der Waals surface area contributed by atoms with E-state index in [0.29, 0.717) is 0 Å². The molecule has 0 aliphatic carbocycles. The molecule has 0 aromatic heterocycles. The maximum Gasteiger partial charge on any atom is 0.308 e. The first-order valence-electron chi connectivity index (χ1n) is 3.56. The Balaban J connectivity index is 3.81. The molecule has 0 aliphatic rings. The molecule has 0 heterocycles. The lowest BCUT2D eigenvalue weighted by molar-refractivity contribution is -0.144. The van der Waals surface area contributed by atoms with E-state index in [1.165, 1.54) is 0 Å². The molecule has 0 fully saturated rings. The maximum absolute atomic E-state index is 10.6. The third-order valence-electron chi connectivity index (χ3n) is 0.572. The van der Waals surface area contributed by atoms with Crippen molar-refractivity contribution in [3.05, 3.63) is 0 Å². The summed E-state index contributed by atoms with van der Waals surface area (Å²) in [5, 5.41) is 0. The second kappa shape index (κ2) is 2.61. The molecule has 2 heteroatoms. The highest BCUT2D eigenvalue weighted by Gasteiger charge is 2.03. The maximum atomic E-state index is 10.6. The van der Waals surface area contributed by atoms with Crippen LogP contribution in [-0.4, -0.2) is 13.0 Å². The van der Waals surface area contributed by atoms with Crippen molar-refractivity contribution >= 4 is 5.97 Å². The lowest BCUT2D eigenvalue weighted by atomic mass is 10.2. The van der Waals surface area contributed by atoms with E-state index in [1.807, 2.05) is 0 Å². The van der Waals surface area contributed by atoms with Gasteiger partial charge in [-0.1, -0.05) is 13.8 Å². The molecule has 0 spiro atoms. The summed E-state index contributed by atoms with van der Waals surface area (Å²) in [6.07, 6.45) is 0. The summed E-state index contributed by atoms with van der Waals surface area (Å²) in [6, 6.07) is 0. The van der Waals surface area contributed by atoms with E-state index in [4.69, 9.17) is 4.11 Å². The molecular weight excluding hydrogens is 92.1 g/mol. The second-order valence-corrected chi connectivity index (χ2v) is 1.58. The Morgan fingerprint density at radius 3 is 2.57 bits per heavy atom. The first-order chi connectivity index (χ1) is 4.33. The summed E-state index contributed by atoms with van der Waals surface area (Å²) in [6.45, 7) is 3.15. The Morgan fingerprint density at radius 1 is 1.86 bits per heavy atom. The van der Waals surface area contributed by atoms with E-state index in [1.54, 1.807) is 13.8 Å². The van der Waals surface area contributed by atoms with E-state index in [-0.39, 0.29) is 5.92 Å². The molecule has 0 aliphatic heterocycles. The van der Waals surface area contributed by atoms with Crippen molar-refractivity contribution in [1.29, 1.82) is 0 Å². The van der Waals surface area contributed by atoms with Crippen LogP contribution >= 0.6 is 0 Å². The topological polar surface area (TPSA) is 26.3 Å². The molecular formula is C5H10O2. The van der Waals surface area contributed by atoms with Gasteiger partial charge in [-0.2, -0.15) is 0 Å². The lowest BCUT2D eigenvalue weighted by Gasteiger charge is -1.97. The van der Waals surface area contributed by atoms with Gasteiger partial charge in [-0.05, 0) is 0 Å². The van der Waals surface area contributed by atoms with Crippen LogP contribution < -0.4 is 0 Å². The number of ether oxygens (including phenoxy) is 1. The van der Waals surface area contributed by atoms with Crippen molar-refractivity contribution in [2.75, 3.05) is 7.04 Å². The number of methoxy groups -OCH3 is 1. The largest absolute Gasteiger partial charge is 0.469 e. The fourth-order valence-corrected chi connectivity index (χ4v) is 0.118. The van der Waals surface area contributed by atoms with Gasteiger partial charge in [0.15, 0.2) is 0 Å². The zero-order valence-electron chi connectivity index (χ0n) is 7.39. The molecule has 0 N–H and O–H groups in total. The van der Waals surface area contributed by atoms with E-state index < -0.39 is 13.0 Å². The minimum atomic E-state index is -2.60. The summed E-state index contributed by atoms with van der Waals surface area (Å²) in [7, 11) is -2.60. The van der Waals surface area contributed by atoms with Crippen molar-refractivity contribution < 1.29 is 13.6 Å². The van der Waals surface area contributed by atoms with E-state index in [0.717, 1.165) is 0 Å². The highest BCUT2D eigenvalue weighted by molar-refractivity contribution is 5.71. The van der Waals surface area contributed by atoms with Gasteiger partial charge in [0, 0.05) is 0 Å². The van der Waals surface area contributed by atoms with Crippen LogP contribution in [0.5, 0.6) is 0 Å². The number of rotatable bonds is 1. The van der Waals surface area contributed by atoms with Crippen molar-refractivity contribution in [2.45, 2.75) is 13.8 Å². The number of carbonyl (C=O) groups excluding carboxylic acids is 1. The monoisotopic (exact) mass is 105 g/mol. The summed E-state index contributed by atoms with van der Waals surface area (Å²) in [5.41, 5.74) is 0. The van der Waals surface area contributed by atoms with Crippen LogP contribution in [0.4, 0.5) is 0 Å². The average molecular weight is 105 g/mol. The summed E-state index contributed by atoms with van der Waals surface area (Å²) in [4.78, 5) is 10.6. The van der Waals surface area contributed by atoms with Crippen LogP contribution in [0.15, 0.2) is 0 Å². The molecule has 0 rings (SSSR count). The van der Waals surface area contributed by atoms with E-state index >= 15 is 0 Å². The number of carbonyl (C=O) groups is 1. The van der Waals surface area contributed by atoms with Gasteiger partial charge in [0.25, 0.3) is 0 Å². The molecule has 0 unspecified atom stereocenters. The van der Waals surface area contributed by atoms with Gasteiger partial charge in [-0.3, -0.25) is 4.79 Å². The Bertz CT molecular complexity index is 127. The molecule has 0 aromatic carbocycles. The Hall–Kier alpha value is -0.530. The molecule has 0 atom stereocenters. The quantitative estimate of drug-likeness (QED) is 0.461. The van der Waals surface area contributed by atoms with Gasteiger partial charge in [-0.25, -0.2) is 0 Å². The average Bonchev–Trinajstić information content (AvgIpc) is 1.60. The van der Waals surface area contributed by atoms with Crippen molar-refractivity contribution in [3.63, 3.8) is 0 Å². The molecule has 7 heavy (non-hydrogen) atoms. The van der Waals surface area contributed by atoms with Gasteiger partial charge in [0.1, 0.15) is 0 Å². The second-order valence-electron chi connectivity index (χ2n) is 1.58. The van der Waals surface area contributed by atoms with Crippen LogP contribution in [-0.2, 0) is 9.53 Å². The Kier molecular flexibility index (Phi) is 1.01. The molecule has 0 radical (unpaired) electrons. The van der Waals surface area contributed by atoms with E-state index in [2.05, 4.69) is 4.74 Å². The number of hydrogen-bond acceptors (Lipinski definition) is 2. The standard InChI is InChI=1S/C5H10O2/c1-4(2)5(6)7-3/h4H,1-3H3/i3D3. The van der Waals surface area contributed by atoms with Crippen LogP contribution in [0.3, 0.4) is 0 Å². The van der Waals surface area contributed by atoms with Gasteiger partial charge in [0.05, 0.1) is 17.1 Å². The van der Waals surface area contributed by atoms with Crippen LogP contribution in [0, 0.1) is 5.92 Å². The fraction of sp³-hybridized carbons (Fsp3) is 0.800. The summed E-state index contributed by atoms with van der Waals surface area (Å²) < 4.78 is 23.7. The molecule has 0 saturated carbocycles. The summed E-state index contributed by atoms with van der Waals surface area (Å²) in [5.74, 6) is -1.08. The minimum Gasteiger partial charge on any atom is -0.469 e. The normalized spacial score (nSPS) is 17.3. The third kappa shape index (κ3) is 2.20. The van der Waals surface area contributed by atoms with Crippen molar-refractivity contribution in [3.8, 4) is 0 Å². The third-order valence-corrected chi connectivity index (χ3v) is 0.572. The first-order valence-corrected chi connectivity index (χ1v) is 2.06. The molecule has 0 amide bonds. The van der Waals surface area contributed by atoms with Crippen molar-refractivity contribution in [1.82, 2.24) is 0 Å². The summed E-state index contributed by atoms with van der Waals surface area (Å²) >= 11 is 0. The van der Waals surface area contributed by atoms with Gasteiger partial charge < -0.3 is 4.74 Å². The molecule has 0 bridgehead atoms. The zero-order chi connectivity index (χ0) is 8.36. The predicted octanol–water partition coefficient (Wildman–Crippen LogP) is 0.815. The van der Waals surface area contributed by atoms with Gasteiger partial charge >= 0.3 is 5.97 Å². The Labute approximate surface area is 47.7 Å². The lowest BCUT2D eigenvalue weighted by Crippen LogP contribution is -2.07. The molecule has 2 nitrogen and oxygen atoms in total. The first kappa shape index (κ1) is 2.70.